The first-order chi connectivity index (χ1) is 16.6. The molecule has 1 N–H and O–H groups in total. The van der Waals surface area contributed by atoms with E-state index in [0.29, 0.717) is 34.7 Å². The lowest BCUT2D eigenvalue weighted by atomic mass is 9.98. The van der Waals surface area contributed by atoms with E-state index in [1.807, 2.05) is 30.3 Å². The summed E-state index contributed by atoms with van der Waals surface area (Å²) in [7, 11) is 0. The molecule has 2 saturated heterocycles. The number of rotatable bonds is 6. The van der Waals surface area contributed by atoms with Gasteiger partial charge in [-0.3, -0.25) is 19.2 Å². The van der Waals surface area contributed by atoms with Gasteiger partial charge in [-0.2, -0.15) is 0 Å². The zero-order valence-electron chi connectivity index (χ0n) is 19.4. The third-order valence-corrected chi connectivity index (χ3v) is 7.09. The summed E-state index contributed by atoms with van der Waals surface area (Å²) in [5.41, 5.74) is 1.28. The number of fused-ring (bicyclic) bond motifs is 1. The fourth-order valence-electron chi connectivity index (χ4n) is 5.39. The van der Waals surface area contributed by atoms with Crippen LogP contribution < -0.4 is 5.56 Å². The van der Waals surface area contributed by atoms with E-state index in [4.69, 9.17) is 4.74 Å². The number of likely N-dealkylation sites (tertiary alicyclic amines) is 1. The van der Waals surface area contributed by atoms with E-state index in [-0.39, 0.29) is 11.1 Å². The normalized spacial score (nSPS) is 19.9. The van der Waals surface area contributed by atoms with Crippen molar-refractivity contribution in [3.8, 4) is 5.69 Å². The Bertz CT molecular complexity index is 1220. The summed E-state index contributed by atoms with van der Waals surface area (Å²) >= 11 is 0. The molecule has 2 aromatic carbocycles. The molecule has 0 spiro atoms. The van der Waals surface area contributed by atoms with Gasteiger partial charge < -0.3 is 9.84 Å². The monoisotopic (exact) mass is 461 g/mol. The van der Waals surface area contributed by atoms with Crippen molar-refractivity contribution in [2.75, 3.05) is 39.4 Å². The number of aromatic carboxylic acids is 1. The standard InChI is InChI=1S/C27H31N3O4/c31-26-23-12-5-4-11-22(23)25(27(32)33)24(30(26)20-8-2-1-3-9-20)19-29-13-7-6-10-21(29)18-28-14-16-34-17-15-28/h1-5,8-9,11-12,21H,6-7,10,13-19H2,(H,32,33). The minimum absolute atomic E-state index is 0.177. The smallest absolute Gasteiger partial charge is 0.338 e. The van der Waals surface area contributed by atoms with Crippen molar-refractivity contribution < 1.29 is 14.6 Å². The topological polar surface area (TPSA) is 75.0 Å². The molecule has 3 aromatic rings. The van der Waals surface area contributed by atoms with Crippen LogP contribution in [-0.4, -0.2) is 70.9 Å². The minimum Gasteiger partial charge on any atom is -0.478 e. The van der Waals surface area contributed by atoms with Gasteiger partial charge in [-0.15, -0.1) is 0 Å². The average molecular weight is 462 g/mol. The van der Waals surface area contributed by atoms with Gasteiger partial charge >= 0.3 is 5.97 Å². The lowest BCUT2D eigenvalue weighted by Gasteiger charge is -2.40. The molecule has 1 unspecified atom stereocenters. The number of pyridine rings is 1. The summed E-state index contributed by atoms with van der Waals surface area (Å²) in [6, 6.07) is 16.8. The Balaban J connectivity index is 1.62. The molecular weight excluding hydrogens is 430 g/mol. The highest BCUT2D eigenvalue weighted by atomic mass is 16.5. The maximum atomic E-state index is 13.7. The van der Waals surface area contributed by atoms with Gasteiger partial charge in [-0.1, -0.05) is 42.8 Å². The van der Waals surface area contributed by atoms with Crippen LogP contribution in [0.4, 0.5) is 0 Å². The van der Waals surface area contributed by atoms with Crippen LogP contribution in [0, 0.1) is 0 Å². The molecule has 5 rings (SSSR count). The molecule has 1 atom stereocenters. The second kappa shape index (κ2) is 10.1. The molecule has 0 saturated carbocycles. The second-order valence-electron chi connectivity index (χ2n) is 9.18. The Labute approximate surface area is 199 Å². The lowest BCUT2D eigenvalue weighted by molar-refractivity contribution is 0.0149. The number of carbonyl (C=O) groups is 1. The van der Waals surface area contributed by atoms with Crippen molar-refractivity contribution in [3.63, 3.8) is 0 Å². The molecule has 7 nitrogen and oxygen atoms in total. The molecule has 34 heavy (non-hydrogen) atoms. The number of morpholine rings is 1. The van der Waals surface area contributed by atoms with Gasteiger partial charge in [-0.25, -0.2) is 4.79 Å². The Morgan fingerprint density at radius 1 is 0.941 bits per heavy atom. The van der Waals surface area contributed by atoms with Crippen LogP contribution in [0.3, 0.4) is 0 Å². The highest BCUT2D eigenvalue weighted by Gasteiger charge is 2.29. The molecule has 0 bridgehead atoms. The predicted molar refractivity (Wildman–Crippen MR) is 132 cm³/mol. The molecule has 0 amide bonds. The fraction of sp³-hybridized carbons (Fsp3) is 0.407. The lowest BCUT2D eigenvalue weighted by Crippen LogP contribution is -2.49. The summed E-state index contributed by atoms with van der Waals surface area (Å²) < 4.78 is 7.13. The third kappa shape index (κ3) is 4.51. The van der Waals surface area contributed by atoms with Crippen LogP contribution in [0.25, 0.3) is 16.5 Å². The van der Waals surface area contributed by atoms with E-state index in [9.17, 15) is 14.7 Å². The molecule has 1 aromatic heterocycles. The summed E-state index contributed by atoms with van der Waals surface area (Å²) in [6.45, 7) is 5.62. The van der Waals surface area contributed by atoms with Gasteiger partial charge in [0.2, 0.25) is 0 Å². The van der Waals surface area contributed by atoms with Crippen LogP contribution in [0.1, 0.15) is 35.3 Å². The van der Waals surface area contributed by atoms with Gasteiger partial charge in [-0.05, 0) is 37.6 Å². The number of carboxylic acid groups (broad SMARTS) is 1. The quantitative estimate of drug-likeness (QED) is 0.607. The SMILES string of the molecule is O=C(O)c1c(CN2CCCCC2CN2CCOCC2)n(-c2ccccc2)c(=O)c2ccccc12. The Morgan fingerprint density at radius 3 is 2.38 bits per heavy atom. The van der Waals surface area contributed by atoms with Crippen LogP contribution in [0.5, 0.6) is 0 Å². The Hall–Kier alpha value is -3.00. The number of benzene rings is 2. The second-order valence-corrected chi connectivity index (χ2v) is 9.18. The Morgan fingerprint density at radius 2 is 1.65 bits per heavy atom. The van der Waals surface area contributed by atoms with Crippen LogP contribution in [0.15, 0.2) is 59.4 Å². The van der Waals surface area contributed by atoms with E-state index in [1.54, 1.807) is 28.8 Å². The number of aromatic nitrogens is 1. The number of ether oxygens (including phenoxy) is 1. The van der Waals surface area contributed by atoms with Gasteiger partial charge in [0, 0.05) is 48.7 Å². The highest BCUT2D eigenvalue weighted by Crippen LogP contribution is 2.27. The van der Waals surface area contributed by atoms with E-state index < -0.39 is 5.97 Å². The van der Waals surface area contributed by atoms with Crippen molar-refractivity contribution in [3.05, 3.63) is 76.2 Å². The fourth-order valence-corrected chi connectivity index (χ4v) is 5.39. The molecule has 2 fully saturated rings. The van der Waals surface area contributed by atoms with Gasteiger partial charge in [0.25, 0.3) is 5.56 Å². The molecule has 2 aliphatic rings. The predicted octanol–water partition coefficient (Wildman–Crippen LogP) is 3.38. The summed E-state index contributed by atoms with van der Waals surface area (Å²) in [5, 5.41) is 11.3. The first-order valence-corrected chi connectivity index (χ1v) is 12.1. The first kappa shape index (κ1) is 22.8. The van der Waals surface area contributed by atoms with Crippen LogP contribution in [0.2, 0.25) is 0 Å². The number of hydrogen-bond donors (Lipinski definition) is 1. The third-order valence-electron chi connectivity index (χ3n) is 7.09. The van der Waals surface area contributed by atoms with Crippen molar-refractivity contribution in [1.29, 1.82) is 0 Å². The van der Waals surface area contributed by atoms with Gasteiger partial charge in [0.1, 0.15) is 0 Å². The average Bonchev–Trinajstić information content (AvgIpc) is 2.86. The zero-order chi connectivity index (χ0) is 23.5. The molecule has 0 aliphatic carbocycles. The molecule has 3 heterocycles. The van der Waals surface area contributed by atoms with Crippen molar-refractivity contribution in [2.24, 2.45) is 0 Å². The van der Waals surface area contributed by atoms with Crippen LogP contribution >= 0.6 is 0 Å². The largest absolute Gasteiger partial charge is 0.478 e. The van der Waals surface area contributed by atoms with Crippen LogP contribution in [-0.2, 0) is 11.3 Å². The maximum Gasteiger partial charge on any atom is 0.338 e. The van der Waals surface area contributed by atoms with E-state index in [2.05, 4.69) is 9.80 Å². The van der Waals surface area contributed by atoms with Gasteiger partial charge in [0.05, 0.1) is 24.5 Å². The first-order valence-electron chi connectivity index (χ1n) is 12.1. The zero-order valence-corrected chi connectivity index (χ0v) is 19.4. The maximum absolute atomic E-state index is 13.7. The molecule has 178 valence electrons. The number of hydrogen-bond acceptors (Lipinski definition) is 5. The van der Waals surface area contributed by atoms with Crippen molar-refractivity contribution >= 4 is 16.7 Å². The number of para-hydroxylation sites is 1. The molecular formula is C27H31N3O4. The van der Waals surface area contributed by atoms with E-state index >= 15 is 0 Å². The summed E-state index contributed by atoms with van der Waals surface area (Å²) in [5.74, 6) is -1.00. The molecule has 7 heteroatoms. The van der Waals surface area contributed by atoms with Gasteiger partial charge in [0.15, 0.2) is 0 Å². The summed E-state index contributed by atoms with van der Waals surface area (Å²) in [6.07, 6.45) is 3.31. The van der Waals surface area contributed by atoms with Crippen molar-refractivity contribution in [1.82, 2.24) is 14.4 Å². The number of piperidine rings is 1. The van der Waals surface area contributed by atoms with E-state index in [0.717, 1.165) is 52.2 Å². The number of carboxylic acids is 1. The summed E-state index contributed by atoms with van der Waals surface area (Å²) in [4.78, 5) is 31.1. The van der Waals surface area contributed by atoms with E-state index in [1.165, 1.54) is 6.42 Å². The molecule has 0 radical (unpaired) electrons. The number of nitrogens with zero attached hydrogens (tertiary/aromatic N) is 3. The minimum atomic E-state index is -1.00. The molecule has 2 aliphatic heterocycles. The van der Waals surface area contributed by atoms with Crippen molar-refractivity contribution in [2.45, 2.75) is 31.8 Å². The highest BCUT2D eigenvalue weighted by molar-refractivity contribution is 6.04. The Kier molecular flexibility index (Phi) is 6.76.